The Labute approximate surface area is 97.4 Å². The smallest absolute Gasteiger partial charge is 0.171 e. The lowest BCUT2D eigenvalue weighted by molar-refractivity contribution is -0.136. The van der Waals surface area contributed by atoms with Gasteiger partial charge in [0.15, 0.2) is 0 Å². The fraction of sp³-hybridized carbons (Fsp3) is 1.00. The third-order valence-corrected chi connectivity index (χ3v) is 2.42. The molecular formula is C11H18F6. The van der Waals surface area contributed by atoms with Crippen LogP contribution in [0.5, 0.6) is 0 Å². The molecule has 0 aliphatic rings. The SMILES string of the molecule is FC(F)(F)CCCCCCCCCC(F)(F)F. The zero-order valence-electron chi connectivity index (χ0n) is 9.63. The maximum Gasteiger partial charge on any atom is 0.389 e. The Bertz CT molecular complexity index is 161. The molecule has 0 aliphatic carbocycles. The summed E-state index contributed by atoms with van der Waals surface area (Å²) in [4.78, 5) is 0. The van der Waals surface area contributed by atoms with Crippen molar-refractivity contribution in [2.24, 2.45) is 0 Å². The molecule has 6 heteroatoms. The highest BCUT2D eigenvalue weighted by Crippen LogP contribution is 2.24. The van der Waals surface area contributed by atoms with E-state index in [1.165, 1.54) is 0 Å². The van der Waals surface area contributed by atoms with Gasteiger partial charge in [-0.2, -0.15) is 26.3 Å². The van der Waals surface area contributed by atoms with E-state index in [4.69, 9.17) is 0 Å². The largest absolute Gasteiger partial charge is 0.389 e. The van der Waals surface area contributed by atoms with Gasteiger partial charge >= 0.3 is 12.4 Å². The Hall–Kier alpha value is -0.420. The normalized spacial score (nSPS) is 13.1. The summed E-state index contributed by atoms with van der Waals surface area (Å²) in [7, 11) is 0. The topological polar surface area (TPSA) is 0 Å². The molecule has 0 radical (unpaired) electrons. The molecule has 0 atom stereocenters. The summed E-state index contributed by atoms with van der Waals surface area (Å²) in [6, 6.07) is 0. The molecular weight excluding hydrogens is 246 g/mol. The summed E-state index contributed by atoms with van der Waals surface area (Å²) in [5.74, 6) is 0. The van der Waals surface area contributed by atoms with Crippen LogP contribution in [0.25, 0.3) is 0 Å². The molecule has 0 fully saturated rings. The van der Waals surface area contributed by atoms with Crippen LogP contribution in [-0.4, -0.2) is 12.4 Å². The van der Waals surface area contributed by atoms with Crippen LogP contribution in [0.1, 0.15) is 57.8 Å². The van der Waals surface area contributed by atoms with Crippen molar-refractivity contribution in [3.8, 4) is 0 Å². The minimum absolute atomic E-state index is 0.117. The highest BCUT2D eigenvalue weighted by Gasteiger charge is 2.26. The highest BCUT2D eigenvalue weighted by molar-refractivity contribution is 4.54. The zero-order valence-corrected chi connectivity index (χ0v) is 9.63. The van der Waals surface area contributed by atoms with Crippen LogP contribution in [0, 0.1) is 0 Å². The van der Waals surface area contributed by atoms with Crippen molar-refractivity contribution in [3.05, 3.63) is 0 Å². The maximum absolute atomic E-state index is 11.7. The van der Waals surface area contributed by atoms with Gasteiger partial charge in [0.2, 0.25) is 0 Å². The molecule has 0 rings (SSSR count). The van der Waals surface area contributed by atoms with E-state index in [1.54, 1.807) is 0 Å². The average Bonchev–Trinajstić information content (AvgIpc) is 2.11. The van der Waals surface area contributed by atoms with Crippen molar-refractivity contribution in [1.29, 1.82) is 0 Å². The first-order chi connectivity index (χ1) is 7.71. The van der Waals surface area contributed by atoms with Gasteiger partial charge < -0.3 is 0 Å². The number of hydrogen-bond acceptors (Lipinski definition) is 0. The quantitative estimate of drug-likeness (QED) is 0.394. The first kappa shape index (κ1) is 16.6. The second-order valence-electron chi connectivity index (χ2n) is 4.21. The van der Waals surface area contributed by atoms with Gasteiger partial charge in [0.25, 0.3) is 0 Å². The molecule has 0 unspecified atom stereocenters. The van der Waals surface area contributed by atoms with E-state index in [1.807, 2.05) is 0 Å². The van der Waals surface area contributed by atoms with Gasteiger partial charge in [-0.25, -0.2) is 0 Å². The predicted octanol–water partition coefficient (Wildman–Crippen LogP) is 5.62. The van der Waals surface area contributed by atoms with Crippen molar-refractivity contribution < 1.29 is 26.3 Å². The molecule has 0 saturated carbocycles. The summed E-state index contributed by atoms with van der Waals surface area (Å²) in [5.41, 5.74) is 0. The third-order valence-electron chi connectivity index (χ3n) is 2.42. The standard InChI is InChI=1S/C11H18F6/c12-10(13,14)8-6-4-2-1-3-5-7-9-11(15,16)17/h1-9H2. The van der Waals surface area contributed by atoms with Crippen LogP contribution in [0.4, 0.5) is 26.3 Å². The minimum Gasteiger partial charge on any atom is -0.171 e. The molecule has 0 N–H and O–H groups in total. The molecule has 0 saturated heterocycles. The van der Waals surface area contributed by atoms with E-state index < -0.39 is 25.2 Å². The monoisotopic (exact) mass is 264 g/mol. The number of halogens is 6. The number of alkyl halides is 6. The van der Waals surface area contributed by atoms with Gasteiger partial charge in [-0.05, 0) is 12.8 Å². The zero-order chi connectivity index (χ0) is 13.4. The number of rotatable bonds is 8. The molecule has 104 valence electrons. The summed E-state index contributed by atoms with van der Waals surface area (Å²) in [6.45, 7) is 0. The molecule has 0 amide bonds. The van der Waals surface area contributed by atoms with Gasteiger partial charge in [0, 0.05) is 12.8 Å². The molecule has 0 aromatic heterocycles. The lowest BCUT2D eigenvalue weighted by Gasteiger charge is -2.06. The molecule has 0 bridgehead atoms. The van der Waals surface area contributed by atoms with Crippen molar-refractivity contribution in [2.45, 2.75) is 70.1 Å². The van der Waals surface area contributed by atoms with Crippen LogP contribution in [0.2, 0.25) is 0 Å². The minimum atomic E-state index is -4.09. The lowest BCUT2D eigenvalue weighted by atomic mass is 10.1. The van der Waals surface area contributed by atoms with Crippen molar-refractivity contribution in [2.75, 3.05) is 0 Å². The summed E-state index contributed by atoms with van der Waals surface area (Å²) in [5, 5.41) is 0. The van der Waals surface area contributed by atoms with Crippen molar-refractivity contribution in [3.63, 3.8) is 0 Å². The van der Waals surface area contributed by atoms with Crippen molar-refractivity contribution >= 4 is 0 Å². The molecule has 0 aromatic rings. The summed E-state index contributed by atoms with van der Waals surface area (Å²) >= 11 is 0. The molecule has 17 heavy (non-hydrogen) atoms. The predicted molar refractivity (Wildman–Crippen MR) is 53.7 cm³/mol. The van der Waals surface area contributed by atoms with E-state index in [0.29, 0.717) is 25.7 Å². The Kier molecular flexibility index (Phi) is 7.63. The van der Waals surface area contributed by atoms with Crippen LogP contribution in [0.3, 0.4) is 0 Å². The average molecular weight is 264 g/mol. The summed E-state index contributed by atoms with van der Waals surface area (Å²) in [6.07, 6.45) is -6.42. The highest BCUT2D eigenvalue weighted by atomic mass is 19.4. The first-order valence-electron chi connectivity index (χ1n) is 5.84. The van der Waals surface area contributed by atoms with Crippen LogP contribution in [0.15, 0.2) is 0 Å². The number of hydrogen-bond donors (Lipinski definition) is 0. The van der Waals surface area contributed by atoms with E-state index in [-0.39, 0.29) is 12.8 Å². The Morgan fingerprint density at radius 1 is 0.412 bits per heavy atom. The fourth-order valence-corrected chi connectivity index (χ4v) is 1.53. The third kappa shape index (κ3) is 15.6. The second-order valence-corrected chi connectivity index (χ2v) is 4.21. The van der Waals surface area contributed by atoms with Gasteiger partial charge in [-0.3, -0.25) is 0 Å². The summed E-state index contributed by atoms with van der Waals surface area (Å²) < 4.78 is 70.4. The first-order valence-corrected chi connectivity index (χ1v) is 5.84. The van der Waals surface area contributed by atoms with E-state index in [2.05, 4.69) is 0 Å². The molecule has 0 spiro atoms. The van der Waals surface area contributed by atoms with Gasteiger partial charge in [-0.1, -0.05) is 32.1 Å². The molecule has 0 heterocycles. The van der Waals surface area contributed by atoms with E-state index in [0.717, 1.165) is 6.42 Å². The van der Waals surface area contributed by atoms with Gasteiger partial charge in [0.05, 0.1) is 0 Å². The maximum atomic E-state index is 11.7. The van der Waals surface area contributed by atoms with Crippen molar-refractivity contribution in [1.82, 2.24) is 0 Å². The lowest BCUT2D eigenvalue weighted by Crippen LogP contribution is -2.06. The Morgan fingerprint density at radius 3 is 0.882 bits per heavy atom. The van der Waals surface area contributed by atoms with Crippen LogP contribution < -0.4 is 0 Å². The van der Waals surface area contributed by atoms with Crippen LogP contribution in [-0.2, 0) is 0 Å². The Balaban J connectivity index is 3.15. The fourth-order valence-electron chi connectivity index (χ4n) is 1.53. The van der Waals surface area contributed by atoms with Gasteiger partial charge in [0.1, 0.15) is 0 Å². The van der Waals surface area contributed by atoms with Crippen LogP contribution >= 0.6 is 0 Å². The number of unbranched alkanes of at least 4 members (excludes halogenated alkanes) is 6. The second kappa shape index (κ2) is 7.82. The molecule has 0 aromatic carbocycles. The van der Waals surface area contributed by atoms with E-state index in [9.17, 15) is 26.3 Å². The van der Waals surface area contributed by atoms with E-state index >= 15 is 0 Å². The molecule has 0 aliphatic heterocycles. The molecule has 0 nitrogen and oxygen atoms in total. The van der Waals surface area contributed by atoms with Gasteiger partial charge in [-0.15, -0.1) is 0 Å². The Morgan fingerprint density at radius 2 is 0.647 bits per heavy atom.